The molecule has 1 aromatic rings. The van der Waals surface area contributed by atoms with Crippen LogP contribution in [0.4, 0.5) is 0 Å². The first-order valence-corrected chi connectivity index (χ1v) is 7.03. The molecule has 1 aromatic carbocycles. The van der Waals surface area contributed by atoms with Gasteiger partial charge in [0.15, 0.2) is 0 Å². The summed E-state index contributed by atoms with van der Waals surface area (Å²) >= 11 is 2.03. The first-order valence-electron chi connectivity index (χ1n) is 5.95. The quantitative estimate of drug-likeness (QED) is 0.709. The van der Waals surface area contributed by atoms with Gasteiger partial charge in [0.05, 0.1) is 5.56 Å². The number of likely N-dealkylation sites (N-methyl/N-ethyl adjacent to an activating group) is 1. The van der Waals surface area contributed by atoms with Crippen molar-refractivity contribution in [2.45, 2.75) is 0 Å². The second kappa shape index (κ2) is 7.44. The van der Waals surface area contributed by atoms with Gasteiger partial charge >= 0.3 is 5.97 Å². The largest absolute Gasteiger partial charge is 0.507 e. The van der Waals surface area contributed by atoms with Crippen molar-refractivity contribution in [1.29, 1.82) is 0 Å². The zero-order valence-corrected chi connectivity index (χ0v) is 13.5. The van der Waals surface area contributed by atoms with Gasteiger partial charge in [0.2, 0.25) is 0 Å². The number of rotatable bonds is 6. The van der Waals surface area contributed by atoms with E-state index in [2.05, 4.69) is 0 Å². The molecule has 0 bridgehead atoms. The summed E-state index contributed by atoms with van der Waals surface area (Å²) in [4.78, 5) is 26.3. The number of benzene rings is 1. The highest BCUT2D eigenvalue weighted by Gasteiger charge is 2.21. The SMILES string of the molecule is CN(C)CCN(CC(=O)O)C(=O)c1cc(I)ccc1O. The maximum Gasteiger partial charge on any atom is 0.323 e. The third-order valence-corrected chi connectivity index (χ3v) is 3.29. The molecule has 0 spiro atoms. The van der Waals surface area contributed by atoms with Crippen molar-refractivity contribution in [2.75, 3.05) is 33.7 Å². The predicted molar refractivity (Wildman–Crippen MR) is 82.9 cm³/mol. The van der Waals surface area contributed by atoms with Gasteiger partial charge in [0.1, 0.15) is 12.3 Å². The Morgan fingerprint density at radius 3 is 2.45 bits per heavy atom. The van der Waals surface area contributed by atoms with Crippen molar-refractivity contribution >= 4 is 34.5 Å². The Morgan fingerprint density at radius 2 is 1.90 bits per heavy atom. The molecule has 0 aliphatic carbocycles. The first kappa shape index (κ1) is 16.7. The molecule has 7 heteroatoms. The van der Waals surface area contributed by atoms with Crippen LogP contribution in [0.15, 0.2) is 18.2 Å². The van der Waals surface area contributed by atoms with Crippen molar-refractivity contribution in [3.05, 3.63) is 27.3 Å². The van der Waals surface area contributed by atoms with Gasteiger partial charge in [-0.15, -0.1) is 0 Å². The van der Waals surface area contributed by atoms with E-state index in [1.807, 2.05) is 41.6 Å². The van der Waals surface area contributed by atoms with Crippen molar-refractivity contribution in [2.24, 2.45) is 0 Å². The monoisotopic (exact) mass is 392 g/mol. The van der Waals surface area contributed by atoms with Crippen LogP contribution >= 0.6 is 22.6 Å². The van der Waals surface area contributed by atoms with Crippen LogP contribution in [0.25, 0.3) is 0 Å². The van der Waals surface area contributed by atoms with E-state index < -0.39 is 18.4 Å². The van der Waals surface area contributed by atoms with Gasteiger partial charge in [-0.1, -0.05) is 0 Å². The van der Waals surface area contributed by atoms with E-state index >= 15 is 0 Å². The topological polar surface area (TPSA) is 81.1 Å². The summed E-state index contributed by atoms with van der Waals surface area (Å²) < 4.78 is 0.798. The number of carbonyl (C=O) groups is 2. The lowest BCUT2D eigenvalue weighted by atomic mass is 10.1. The third kappa shape index (κ3) is 4.97. The molecule has 0 fully saturated rings. The summed E-state index contributed by atoms with van der Waals surface area (Å²) in [5, 5.41) is 18.7. The molecular weight excluding hydrogens is 375 g/mol. The highest BCUT2D eigenvalue weighted by molar-refractivity contribution is 14.1. The van der Waals surface area contributed by atoms with Gasteiger partial charge in [-0.2, -0.15) is 0 Å². The Labute approximate surface area is 131 Å². The zero-order valence-electron chi connectivity index (χ0n) is 11.3. The fourth-order valence-corrected chi connectivity index (χ4v) is 2.08. The lowest BCUT2D eigenvalue weighted by Crippen LogP contribution is -2.40. The molecule has 0 aliphatic heterocycles. The number of phenolic OH excluding ortho intramolecular Hbond substituents is 1. The van der Waals surface area contributed by atoms with Crippen molar-refractivity contribution in [1.82, 2.24) is 9.80 Å². The average Bonchev–Trinajstić information content (AvgIpc) is 2.36. The summed E-state index contributed by atoms with van der Waals surface area (Å²) in [6.45, 7) is 0.435. The molecule has 0 aliphatic rings. The van der Waals surface area contributed by atoms with Gasteiger partial charge < -0.3 is 20.0 Å². The maximum absolute atomic E-state index is 12.3. The molecule has 20 heavy (non-hydrogen) atoms. The van der Waals surface area contributed by atoms with Crippen LogP contribution in [0.1, 0.15) is 10.4 Å². The number of phenols is 1. The summed E-state index contributed by atoms with van der Waals surface area (Å²) in [6, 6.07) is 4.65. The first-order chi connectivity index (χ1) is 9.31. The molecule has 0 radical (unpaired) electrons. The van der Waals surface area contributed by atoms with E-state index in [1.165, 1.54) is 11.0 Å². The number of nitrogens with zero attached hydrogens (tertiary/aromatic N) is 2. The second-order valence-electron chi connectivity index (χ2n) is 4.59. The van der Waals surface area contributed by atoms with Crippen molar-refractivity contribution < 1.29 is 19.8 Å². The van der Waals surface area contributed by atoms with Crippen LogP contribution in [0.3, 0.4) is 0 Å². The normalized spacial score (nSPS) is 10.6. The number of hydrogen-bond donors (Lipinski definition) is 2. The molecule has 0 heterocycles. The third-order valence-electron chi connectivity index (χ3n) is 2.62. The Kier molecular flexibility index (Phi) is 6.21. The van der Waals surface area contributed by atoms with E-state index in [-0.39, 0.29) is 17.9 Å². The van der Waals surface area contributed by atoms with E-state index in [9.17, 15) is 14.7 Å². The van der Waals surface area contributed by atoms with E-state index in [0.29, 0.717) is 6.54 Å². The summed E-state index contributed by atoms with van der Waals surface area (Å²) in [6.07, 6.45) is 0. The van der Waals surface area contributed by atoms with Gasteiger partial charge in [0.25, 0.3) is 5.91 Å². The highest BCUT2D eigenvalue weighted by atomic mass is 127. The average molecular weight is 392 g/mol. The van der Waals surface area contributed by atoms with Crippen LogP contribution in [0.2, 0.25) is 0 Å². The molecular formula is C13H17IN2O4. The van der Waals surface area contributed by atoms with Gasteiger partial charge in [-0.05, 0) is 54.9 Å². The number of halogens is 1. The molecule has 0 unspecified atom stereocenters. The van der Waals surface area contributed by atoms with E-state index in [1.54, 1.807) is 12.1 Å². The van der Waals surface area contributed by atoms with Crippen LogP contribution in [0.5, 0.6) is 5.75 Å². The number of amides is 1. The zero-order chi connectivity index (χ0) is 15.3. The molecule has 1 rings (SSSR count). The smallest absolute Gasteiger partial charge is 0.323 e. The number of hydrogen-bond acceptors (Lipinski definition) is 4. The standard InChI is InChI=1S/C13H17IN2O4/c1-15(2)5-6-16(8-12(18)19)13(20)10-7-9(14)3-4-11(10)17/h3-4,7,17H,5-6,8H2,1-2H3,(H,18,19). The Morgan fingerprint density at radius 1 is 1.25 bits per heavy atom. The predicted octanol–water partition coefficient (Wildman–Crippen LogP) is 1.09. The van der Waals surface area contributed by atoms with Gasteiger partial charge in [-0.3, -0.25) is 9.59 Å². The molecule has 0 atom stereocenters. The van der Waals surface area contributed by atoms with Crippen LogP contribution in [0, 0.1) is 3.57 Å². The molecule has 1 amide bonds. The molecule has 2 N–H and O–H groups in total. The van der Waals surface area contributed by atoms with Crippen molar-refractivity contribution in [3.63, 3.8) is 0 Å². The maximum atomic E-state index is 12.3. The molecule has 0 saturated carbocycles. The lowest BCUT2D eigenvalue weighted by molar-refractivity contribution is -0.137. The fraction of sp³-hybridized carbons (Fsp3) is 0.385. The second-order valence-corrected chi connectivity index (χ2v) is 5.83. The highest BCUT2D eigenvalue weighted by Crippen LogP contribution is 2.21. The van der Waals surface area contributed by atoms with Crippen LogP contribution in [-0.2, 0) is 4.79 Å². The molecule has 0 aromatic heterocycles. The minimum absolute atomic E-state index is 0.122. The number of carbonyl (C=O) groups excluding carboxylic acids is 1. The van der Waals surface area contributed by atoms with Crippen molar-refractivity contribution in [3.8, 4) is 5.75 Å². The van der Waals surface area contributed by atoms with Gasteiger partial charge in [0, 0.05) is 16.7 Å². The Balaban J connectivity index is 2.96. The van der Waals surface area contributed by atoms with Crippen LogP contribution < -0.4 is 0 Å². The molecule has 110 valence electrons. The van der Waals surface area contributed by atoms with E-state index in [0.717, 1.165) is 3.57 Å². The minimum Gasteiger partial charge on any atom is -0.507 e. The summed E-state index contributed by atoms with van der Waals surface area (Å²) in [7, 11) is 3.68. The molecule has 0 saturated heterocycles. The van der Waals surface area contributed by atoms with Gasteiger partial charge in [-0.25, -0.2) is 0 Å². The Hall–Kier alpha value is -1.35. The Bertz CT molecular complexity index is 505. The summed E-state index contributed by atoms with van der Waals surface area (Å²) in [5.74, 6) is -1.71. The number of carboxylic acid groups (broad SMARTS) is 1. The van der Waals surface area contributed by atoms with Crippen LogP contribution in [-0.4, -0.2) is 65.6 Å². The summed E-state index contributed by atoms with van der Waals surface area (Å²) in [5.41, 5.74) is 0.122. The number of aliphatic carboxylic acids is 1. The number of aromatic hydroxyl groups is 1. The minimum atomic E-state index is -1.08. The lowest BCUT2D eigenvalue weighted by Gasteiger charge is -2.23. The molecule has 6 nitrogen and oxygen atoms in total. The number of carboxylic acids is 1. The van der Waals surface area contributed by atoms with E-state index in [4.69, 9.17) is 5.11 Å². The fourth-order valence-electron chi connectivity index (χ4n) is 1.59.